The van der Waals surface area contributed by atoms with Crippen molar-refractivity contribution in [2.45, 2.75) is 6.54 Å². The van der Waals surface area contributed by atoms with Crippen LogP contribution >= 0.6 is 15.9 Å². The predicted octanol–water partition coefficient (Wildman–Crippen LogP) is 1.97. The van der Waals surface area contributed by atoms with Crippen LogP contribution in [0.25, 0.3) is 10.9 Å². The number of esters is 1. The molecule has 2 aromatic rings. The van der Waals surface area contributed by atoms with Gasteiger partial charge >= 0.3 is 5.97 Å². The fourth-order valence-corrected chi connectivity index (χ4v) is 1.71. The Labute approximate surface area is 95.0 Å². The molecule has 15 heavy (non-hydrogen) atoms. The molecular formula is C10H9BrN2O2. The second-order valence-corrected chi connectivity index (χ2v) is 4.00. The van der Waals surface area contributed by atoms with Crippen molar-refractivity contribution in [3.63, 3.8) is 0 Å². The van der Waals surface area contributed by atoms with E-state index < -0.39 is 0 Å². The van der Waals surface area contributed by atoms with Crippen molar-refractivity contribution >= 4 is 32.8 Å². The smallest absolute Gasteiger partial charge is 0.327 e. The fraction of sp³-hybridized carbons (Fsp3) is 0.200. The Bertz CT molecular complexity index is 507. The van der Waals surface area contributed by atoms with Gasteiger partial charge in [-0.15, -0.1) is 0 Å². The maximum absolute atomic E-state index is 11.1. The fourth-order valence-electron chi connectivity index (χ4n) is 1.36. The van der Waals surface area contributed by atoms with Crippen LogP contribution in [0.5, 0.6) is 0 Å². The second kappa shape index (κ2) is 4.02. The molecule has 0 aliphatic rings. The summed E-state index contributed by atoms with van der Waals surface area (Å²) in [4.78, 5) is 11.1. The topological polar surface area (TPSA) is 44.1 Å². The number of benzene rings is 1. The van der Waals surface area contributed by atoms with Crippen LogP contribution in [0.4, 0.5) is 0 Å². The summed E-state index contributed by atoms with van der Waals surface area (Å²) >= 11 is 3.38. The Kier molecular flexibility index (Phi) is 2.73. The maximum Gasteiger partial charge on any atom is 0.327 e. The highest BCUT2D eigenvalue weighted by molar-refractivity contribution is 9.10. The Morgan fingerprint density at radius 1 is 1.60 bits per heavy atom. The standard InChI is InChI=1S/C10H9BrN2O2/c1-15-10(14)6-13-9-4-8(11)3-2-7(9)5-12-13/h2-5H,6H2,1H3. The molecule has 78 valence electrons. The normalized spacial score (nSPS) is 10.5. The van der Waals surface area contributed by atoms with E-state index in [9.17, 15) is 4.79 Å². The Balaban J connectivity index is 2.43. The second-order valence-electron chi connectivity index (χ2n) is 3.08. The van der Waals surface area contributed by atoms with E-state index in [0.717, 1.165) is 15.4 Å². The van der Waals surface area contributed by atoms with E-state index in [1.54, 1.807) is 10.9 Å². The Hall–Kier alpha value is -1.36. The molecule has 4 nitrogen and oxygen atoms in total. The third-order valence-electron chi connectivity index (χ3n) is 2.11. The summed E-state index contributed by atoms with van der Waals surface area (Å²) < 4.78 is 7.17. The summed E-state index contributed by atoms with van der Waals surface area (Å²) in [6.07, 6.45) is 1.73. The number of fused-ring (bicyclic) bond motifs is 1. The molecule has 0 aliphatic carbocycles. The van der Waals surface area contributed by atoms with E-state index in [4.69, 9.17) is 0 Å². The highest BCUT2D eigenvalue weighted by atomic mass is 79.9. The molecule has 2 rings (SSSR count). The van der Waals surface area contributed by atoms with E-state index in [0.29, 0.717) is 0 Å². The van der Waals surface area contributed by atoms with Gasteiger partial charge in [-0.2, -0.15) is 5.10 Å². The van der Waals surface area contributed by atoms with Gasteiger partial charge in [0.1, 0.15) is 6.54 Å². The molecular weight excluding hydrogens is 260 g/mol. The summed E-state index contributed by atoms with van der Waals surface area (Å²) in [7, 11) is 1.37. The van der Waals surface area contributed by atoms with Crippen LogP contribution in [0.15, 0.2) is 28.9 Å². The van der Waals surface area contributed by atoms with Crippen LogP contribution in [0.1, 0.15) is 0 Å². The molecule has 0 saturated heterocycles. The summed E-state index contributed by atoms with van der Waals surface area (Å²) in [5, 5.41) is 5.12. The quantitative estimate of drug-likeness (QED) is 0.783. The summed E-state index contributed by atoms with van der Waals surface area (Å²) in [6, 6.07) is 5.80. The third kappa shape index (κ3) is 2.02. The molecule has 0 amide bonds. The molecule has 0 aliphatic heterocycles. The lowest BCUT2D eigenvalue weighted by Crippen LogP contribution is -2.12. The van der Waals surface area contributed by atoms with Crippen molar-refractivity contribution in [3.05, 3.63) is 28.9 Å². The number of methoxy groups -OCH3 is 1. The molecule has 0 atom stereocenters. The van der Waals surface area contributed by atoms with E-state index in [1.807, 2.05) is 18.2 Å². The van der Waals surface area contributed by atoms with Gasteiger partial charge in [0.2, 0.25) is 0 Å². The predicted molar refractivity (Wildman–Crippen MR) is 59.4 cm³/mol. The number of ether oxygens (including phenoxy) is 1. The van der Waals surface area contributed by atoms with E-state index in [1.165, 1.54) is 7.11 Å². The first-order valence-corrected chi connectivity index (χ1v) is 5.18. The molecule has 1 aromatic carbocycles. The monoisotopic (exact) mass is 268 g/mol. The molecule has 0 N–H and O–H groups in total. The van der Waals surface area contributed by atoms with Gasteiger partial charge in [0.15, 0.2) is 0 Å². The number of carbonyl (C=O) groups is 1. The highest BCUT2D eigenvalue weighted by Gasteiger charge is 2.07. The SMILES string of the molecule is COC(=O)Cn1ncc2ccc(Br)cc21. The van der Waals surface area contributed by atoms with E-state index in [2.05, 4.69) is 25.8 Å². The van der Waals surface area contributed by atoms with Gasteiger partial charge in [0.05, 0.1) is 18.8 Å². The lowest BCUT2D eigenvalue weighted by atomic mass is 10.2. The Morgan fingerprint density at radius 2 is 2.40 bits per heavy atom. The first kappa shape index (κ1) is 10.2. The van der Waals surface area contributed by atoms with Gasteiger partial charge in [-0.3, -0.25) is 9.48 Å². The molecule has 0 radical (unpaired) electrons. The van der Waals surface area contributed by atoms with Gasteiger partial charge < -0.3 is 4.74 Å². The largest absolute Gasteiger partial charge is 0.468 e. The minimum Gasteiger partial charge on any atom is -0.468 e. The molecule has 0 bridgehead atoms. The molecule has 1 heterocycles. The first-order chi connectivity index (χ1) is 7.20. The molecule has 0 spiro atoms. The lowest BCUT2D eigenvalue weighted by Gasteiger charge is -2.01. The molecule has 0 saturated carbocycles. The van der Waals surface area contributed by atoms with Crippen molar-refractivity contribution in [3.8, 4) is 0 Å². The minimum absolute atomic E-state index is 0.135. The summed E-state index contributed by atoms with van der Waals surface area (Å²) in [5.74, 6) is -0.306. The number of carbonyl (C=O) groups excluding carboxylic acids is 1. The van der Waals surface area contributed by atoms with Crippen molar-refractivity contribution in [2.75, 3.05) is 7.11 Å². The van der Waals surface area contributed by atoms with Crippen LogP contribution in [0.3, 0.4) is 0 Å². The number of aromatic nitrogens is 2. The first-order valence-electron chi connectivity index (χ1n) is 4.38. The van der Waals surface area contributed by atoms with Crippen molar-refractivity contribution in [2.24, 2.45) is 0 Å². The van der Waals surface area contributed by atoms with Crippen LogP contribution in [-0.4, -0.2) is 22.9 Å². The van der Waals surface area contributed by atoms with Crippen molar-refractivity contribution in [1.29, 1.82) is 0 Å². The van der Waals surface area contributed by atoms with E-state index in [-0.39, 0.29) is 12.5 Å². The molecule has 0 fully saturated rings. The highest BCUT2D eigenvalue weighted by Crippen LogP contribution is 2.19. The Morgan fingerprint density at radius 3 is 3.13 bits per heavy atom. The zero-order chi connectivity index (χ0) is 10.8. The molecule has 0 unspecified atom stereocenters. The summed E-state index contributed by atoms with van der Waals surface area (Å²) in [6.45, 7) is 0.135. The lowest BCUT2D eigenvalue weighted by molar-refractivity contribution is -0.141. The van der Waals surface area contributed by atoms with E-state index >= 15 is 0 Å². The third-order valence-corrected chi connectivity index (χ3v) is 2.61. The van der Waals surface area contributed by atoms with Gasteiger partial charge in [-0.05, 0) is 12.1 Å². The zero-order valence-electron chi connectivity index (χ0n) is 8.11. The average Bonchev–Trinajstić information content (AvgIpc) is 2.61. The van der Waals surface area contributed by atoms with Crippen molar-refractivity contribution in [1.82, 2.24) is 9.78 Å². The van der Waals surface area contributed by atoms with Crippen LogP contribution in [0.2, 0.25) is 0 Å². The number of hydrogen-bond donors (Lipinski definition) is 0. The average molecular weight is 269 g/mol. The molecule has 1 aromatic heterocycles. The van der Waals surface area contributed by atoms with Crippen molar-refractivity contribution < 1.29 is 9.53 Å². The van der Waals surface area contributed by atoms with Gasteiger partial charge in [0, 0.05) is 9.86 Å². The number of nitrogens with zero attached hydrogens (tertiary/aromatic N) is 2. The number of hydrogen-bond acceptors (Lipinski definition) is 3. The van der Waals surface area contributed by atoms with Crippen LogP contribution < -0.4 is 0 Å². The van der Waals surface area contributed by atoms with Crippen LogP contribution in [0, 0.1) is 0 Å². The van der Waals surface area contributed by atoms with Gasteiger partial charge in [-0.25, -0.2) is 0 Å². The van der Waals surface area contributed by atoms with Gasteiger partial charge in [-0.1, -0.05) is 22.0 Å². The molecule has 5 heteroatoms. The van der Waals surface area contributed by atoms with Crippen LogP contribution in [-0.2, 0) is 16.1 Å². The number of rotatable bonds is 2. The number of halogens is 1. The maximum atomic E-state index is 11.1. The summed E-state index contributed by atoms with van der Waals surface area (Å²) in [5.41, 5.74) is 0.912. The zero-order valence-corrected chi connectivity index (χ0v) is 9.69. The van der Waals surface area contributed by atoms with Gasteiger partial charge in [0.25, 0.3) is 0 Å². The minimum atomic E-state index is -0.306.